The van der Waals surface area contributed by atoms with E-state index in [-0.39, 0.29) is 0 Å². The Bertz CT molecular complexity index is 476. The molecule has 0 radical (unpaired) electrons. The van der Waals surface area contributed by atoms with Crippen LogP contribution in [0.25, 0.3) is 11.0 Å². The van der Waals surface area contributed by atoms with Crippen molar-refractivity contribution in [3.05, 3.63) is 34.0 Å². The number of hydrogen-bond acceptors (Lipinski definition) is 2. The minimum Gasteiger partial charge on any atom is -0.458 e. The van der Waals surface area contributed by atoms with Gasteiger partial charge in [0.15, 0.2) is 0 Å². The summed E-state index contributed by atoms with van der Waals surface area (Å²) in [5.74, 6) is 1.03. The van der Waals surface area contributed by atoms with Gasteiger partial charge in [-0.3, -0.25) is 0 Å². The Kier molecular flexibility index (Phi) is 3.12. The molecule has 0 saturated heterocycles. The molecule has 0 fully saturated rings. The second-order valence-corrected chi connectivity index (χ2v) is 4.40. The van der Waals surface area contributed by atoms with Crippen LogP contribution < -0.4 is 5.32 Å². The van der Waals surface area contributed by atoms with Crippen LogP contribution in [0.2, 0.25) is 0 Å². The van der Waals surface area contributed by atoms with Gasteiger partial charge in [0.25, 0.3) is 0 Å². The molecule has 0 saturated carbocycles. The van der Waals surface area contributed by atoms with E-state index in [4.69, 9.17) is 4.42 Å². The summed E-state index contributed by atoms with van der Waals surface area (Å²) < 4.78 is 6.84. The van der Waals surface area contributed by atoms with Gasteiger partial charge in [-0.05, 0) is 41.0 Å². The van der Waals surface area contributed by atoms with E-state index in [0.29, 0.717) is 0 Å². The van der Waals surface area contributed by atoms with E-state index in [1.165, 1.54) is 10.9 Å². The van der Waals surface area contributed by atoms with Gasteiger partial charge in [0.1, 0.15) is 11.3 Å². The summed E-state index contributed by atoms with van der Waals surface area (Å²) in [7, 11) is 0. The number of para-hydroxylation sites is 1. The van der Waals surface area contributed by atoms with Crippen molar-refractivity contribution in [2.24, 2.45) is 0 Å². The predicted octanol–water partition coefficient (Wildman–Crippen LogP) is 3.61. The Hall–Kier alpha value is -0.800. The Morgan fingerprint density at radius 2 is 2.20 bits per heavy atom. The molecule has 0 aliphatic rings. The maximum absolute atomic E-state index is 5.82. The van der Waals surface area contributed by atoms with Crippen LogP contribution in [-0.2, 0) is 6.54 Å². The van der Waals surface area contributed by atoms with Crippen molar-refractivity contribution in [2.45, 2.75) is 20.4 Å². The summed E-state index contributed by atoms with van der Waals surface area (Å²) in [6.07, 6.45) is 0. The van der Waals surface area contributed by atoms with Gasteiger partial charge in [0, 0.05) is 5.39 Å². The number of halogens is 1. The second-order valence-electron chi connectivity index (χ2n) is 3.55. The van der Waals surface area contributed by atoms with Crippen LogP contribution in [0.4, 0.5) is 0 Å². The van der Waals surface area contributed by atoms with Crippen LogP contribution in [0.5, 0.6) is 0 Å². The average Bonchev–Trinajstić information content (AvgIpc) is 2.55. The van der Waals surface area contributed by atoms with E-state index in [2.05, 4.69) is 41.2 Å². The van der Waals surface area contributed by atoms with Gasteiger partial charge in [0.2, 0.25) is 0 Å². The number of aryl methyl sites for hydroxylation is 1. The van der Waals surface area contributed by atoms with Crippen LogP contribution in [0.3, 0.4) is 0 Å². The van der Waals surface area contributed by atoms with Crippen molar-refractivity contribution in [3.8, 4) is 0 Å². The summed E-state index contributed by atoms with van der Waals surface area (Å²) in [5, 5.41) is 4.47. The largest absolute Gasteiger partial charge is 0.458 e. The van der Waals surface area contributed by atoms with Gasteiger partial charge in [-0.2, -0.15) is 0 Å². The van der Waals surface area contributed by atoms with E-state index in [1.807, 2.05) is 12.1 Å². The summed E-state index contributed by atoms with van der Waals surface area (Å²) in [4.78, 5) is 0. The van der Waals surface area contributed by atoms with E-state index in [0.717, 1.165) is 28.9 Å². The lowest BCUT2D eigenvalue weighted by atomic mass is 10.1. The minimum atomic E-state index is 0.795. The number of hydrogen-bond donors (Lipinski definition) is 1. The quantitative estimate of drug-likeness (QED) is 0.919. The van der Waals surface area contributed by atoms with E-state index >= 15 is 0 Å². The van der Waals surface area contributed by atoms with Gasteiger partial charge in [0.05, 0.1) is 11.0 Å². The lowest BCUT2D eigenvalue weighted by Crippen LogP contribution is -2.11. The Balaban J connectivity index is 2.49. The third kappa shape index (κ3) is 1.94. The van der Waals surface area contributed by atoms with Crippen LogP contribution >= 0.6 is 15.9 Å². The van der Waals surface area contributed by atoms with Gasteiger partial charge in [-0.15, -0.1) is 0 Å². The summed E-state index contributed by atoms with van der Waals surface area (Å²) >= 11 is 3.50. The molecule has 1 aromatic carbocycles. The standard InChI is InChI=1S/C12H14BrNO/c1-3-14-7-11-8(2)9-5-4-6-10(13)12(9)15-11/h4-6,14H,3,7H2,1-2H3. The highest BCUT2D eigenvalue weighted by Gasteiger charge is 2.11. The first-order valence-electron chi connectivity index (χ1n) is 5.11. The molecule has 0 bridgehead atoms. The van der Waals surface area contributed by atoms with Crippen molar-refractivity contribution >= 4 is 26.9 Å². The fourth-order valence-corrected chi connectivity index (χ4v) is 2.11. The van der Waals surface area contributed by atoms with Crippen LogP contribution in [-0.4, -0.2) is 6.54 Å². The molecule has 1 aromatic heterocycles. The lowest BCUT2D eigenvalue weighted by Gasteiger charge is -1.97. The highest BCUT2D eigenvalue weighted by Crippen LogP contribution is 2.30. The first kappa shape index (κ1) is 10.7. The van der Waals surface area contributed by atoms with E-state index in [1.54, 1.807) is 0 Å². The fourth-order valence-electron chi connectivity index (χ4n) is 1.67. The van der Waals surface area contributed by atoms with E-state index in [9.17, 15) is 0 Å². The Labute approximate surface area is 97.8 Å². The SMILES string of the molecule is CCNCc1oc2c(Br)cccc2c1C. The van der Waals surface area contributed by atoms with Crippen molar-refractivity contribution in [3.63, 3.8) is 0 Å². The van der Waals surface area contributed by atoms with Crippen LogP contribution in [0, 0.1) is 6.92 Å². The van der Waals surface area contributed by atoms with Gasteiger partial charge in [-0.25, -0.2) is 0 Å². The molecule has 0 amide bonds. The first-order valence-corrected chi connectivity index (χ1v) is 5.90. The molecule has 2 aromatic rings. The normalized spacial score (nSPS) is 11.1. The molecule has 2 rings (SSSR count). The molecule has 80 valence electrons. The maximum atomic E-state index is 5.82. The monoisotopic (exact) mass is 267 g/mol. The molecular formula is C12H14BrNO. The Morgan fingerprint density at radius 1 is 1.40 bits per heavy atom. The average molecular weight is 268 g/mol. The van der Waals surface area contributed by atoms with Crippen molar-refractivity contribution in [1.82, 2.24) is 5.32 Å². The smallest absolute Gasteiger partial charge is 0.148 e. The molecule has 0 spiro atoms. The molecule has 1 N–H and O–H groups in total. The molecule has 0 aliphatic carbocycles. The zero-order chi connectivity index (χ0) is 10.8. The van der Waals surface area contributed by atoms with Gasteiger partial charge < -0.3 is 9.73 Å². The highest BCUT2D eigenvalue weighted by molar-refractivity contribution is 9.10. The molecule has 0 unspecified atom stereocenters. The lowest BCUT2D eigenvalue weighted by molar-refractivity contribution is 0.515. The van der Waals surface area contributed by atoms with Gasteiger partial charge in [-0.1, -0.05) is 19.1 Å². The number of furan rings is 1. The number of fused-ring (bicyclic) bond motifs is 1. The number of nitrogens with one attached hydrogen (secondary N) is 1. The molecule has 15 heavy (non-hydrogen) atoms. The zero-order valence-electron chi connectivity index (χ0n) is 8.93. The first-order chi connectivity index (χ1) is 7.24. The molecule has 2 nitrogen and oxygen atoms in total. The van der Waals surface area contributed by atoms with Crippen molar-refractivity contribution in [1.29, 1.82) is 0 Å². The maximum Gasteiger partial charge on any atom is 0.148 e. The second kappa shape index (κ2) is 4.37. The molecule has 3 heteroatoms. The predicted molar refractivity (Wildman–Crippen MR) is 66.0 cm³/mol. The van der Waals surface area contributed by atoms with E-state index < -0.39 is 0 Å². The third-order valence-electron chi connectivity index (χ3n) is 2.55. The summed E-state index contributed by atoms with van der Waals surface area (Å²) in [6, 6.07) is 6.13. The van der Waals surface area contributed by atoms with Crippen LogP contribution in [0.15, 0.2) is 27.1 Å². The topological polar surface area (TPSA) is 25.2 Å². The molecule has 0 atom stereocenters. The number of benzene rings is 1. The van der Waals surface area contributed by atoms with Crippen molar-refractivity contribution in [2.75, 3.05) is 6.54 Å². The highest BCUT2D eigenvalue weighted by atomic mass is 79.9. The van der Waals surface area contributed by atoms with Crippen molar-refractivity contribution < 1.29 is 4.42 Å². The summed E-state index contributed by atoms with van der Waals surface area (Å²) in [6.45, 7) is 5.94. The van der Waals surface area contributed by atoms with Gasteiger partial charge >= 0.3 is 0 Å². The zero-order valence-corrected chi connectivity index (χ0v) is 10.5. The minimum absolute atomic E-state index is 0.795. The molecule has 0 aliphatic heterocycles. The molecule has 1 heterocycles. The third-order valence-corrected chi connectivity index (χ3v) is 3.17. The Morgan fingerprint density at radius 3 is 2.87 bits per heavy atom. The fraction of sp³-hybridized carbons (Fsp3) is 0.333. The van der Waals surface area contributed by atoms with Crippen LogP contribution in [0.1, 0.15) is 18.2 Å². The summed E-state index contributed by atoms with van der Waals surface area (Å²) in [5.41, 5.74) is 2.18. The molecular weight excluding hydrogens is 254 g/mol. The number of rotatable bonds is 3.